The third kappa shape index (κ3) is 3.85. The summed E-state index contributed by atoms with van der Waals surface area (Å²) in [4.78, 5) is 19.9. The summed E-state index contributed by atoms with van der Waals surface area (Å²) in [6, 6.07) is 5.53. The molecule has 1 aromatic carbocycles. The van der Waals surface area contributed by atoms with Gasteiger partial charge in [0.15, 0.2) is 0 Å². The van der Waals surface area contributed by atoms with Crippen LogP contribution in [0.15, 0.2) is 23.2 Å². The molecule has 0 aliphatic rings. The molecule has 0 saturated carbocycles. The minimum Gasteiger partial charge on any atom is -0.481 e. The number of aromatic nitrogens is 2. The van der Waals surface area contributed by atoms with Gasteiger partial charge in [0.05, 0.1) is 11.9 Å². The van der Waals surface area contributed by atoms with Gasteiger partial charge >= 0.3 is 5.97 Å². The summed E-state index contributed by atoms with van der Waals surface area (Å²) in [6.07, 6.45) is 0.101. The summed E-state index contributed by atoms with van der Waals surface area (Å²) >= 11 is 1.43. The molecule has 0 fully saturated rings. The summed E-state index contributed by atoms with van der Waals surface area (Å²) in [6.45, 7) is 6.16. The molecule has 5 nitrogen and oxygen atoms in total. The van der Waals surface area contributed by atoms with Gasteiger partial charge in [-0.05, 0) is 18.2 Å². The molecule has 112 valence electrons. The Balaban J connectivity index is 2.47. The quantitative estimate of drug-likeness (QED) is 0.512. The summed E-state index contributed by atoms with van der Waals surface area (Å²) in [5.74, 6) is 0.411. The van der Waals surface area contributed by atoms with Crippen LogP contribution in [0, 0.1) is 0 Å². The lowest BCUT2D eigenvalue weighted by molar-refractivity contribution is -0.136. The molecule has 1 heterocycles. The molecule has 0 spiro atoms. The Morgan fingerprint density at radius 2 is 2.05 bits per heavy atom. The third-order valence-electron chi connectivity index (χ3n) is 2.91. The maximum atomic E-state index is 10.7. The van der Waals surface area contributed by atoms with Gasteiger partial charge in [0.25, 0.3) is 0 Å². The van der Waals surface area contributed by atoms with E-state index in [0.717, 1.165) is 21.8 Å². The highest BCUT2D eigenvalue weighted by molar-refractivity contribution is 7.99. The van der Waals surface area contributed by atoms with Crippen LogP contribution in [0.5, 0.6) is 0 Å². The molecule has 0 atom stereocenters. The van der Waals surface area contributed by atoms with Gasteiger partial charge in [-0.2, -0.15) is 0 Å². The van der Waals surface area contributed by atoms with E-state index in [-0.39, 0.29) is 11.8 Å². The van der Waals surface area contributed by atoms with Gasteiger partial charge in [-0.3, -0.25) is 4.79 Å². The zero-order valence-corrected chi connectivity index (χ0v) is 13.2. The smallest absolute Gasteiger partial charge is 0.304 e. The molecular formula is C15H19N3O2S. The Bertz CT molecular complexity index is 680. The topological polar surface area (TPSA) is 89.1 Å². The van der Waals surface area contributed by atoms with Crippen LogP contribution in [0.3, 0.4) is 0 Å². The number of aliphatic carboxylic acids is 1. The monoisotopic (exact) mass is 305 g/mol. The van der Waals surface area contributed by atoms with E-state index in [2.05, 4.69) is 30.7 Å². The van der Waals surface area contributed by atoms with Gasteiger partial charge < -0.3 is 10.8 Å². The second-order valence-electron chi connectivity index (χ2n) is 5.87. The van der Waals surface area contributed by atoms with E-state index in [9.17, 15) is 4.79 Å². The minimum atomic E-state index is -0.809. The Labute approximate surface area is 128 Å². The molecule has 2 aromatic rings. The van der Waals surface area contributed by atoms with Crippen molar-refractivity contribution in [2.75, 3.05) is 11.5 Å². The van der Waals surface area contributed by atoms with Gasteiger partial charge in [-0.1, -0.05) is 20.8 Å². The van der Waals surface area contributed by atoms with E-state index in [1.165, 1.54) is 11.8 Å². The van der Waals surface area contributed by atoms with Gasteiger partial charge in [0.1, 0.15) is 10.9 Å². The summed E-state index contributed by atoms with van der Waals surface area (Å²) < 4.78 is 0. The lowest BCUT2D eigenvalue weighted by Gasteiger charge is -2.18. The summed E-state index contributed by atoms with van der Waals surface area (Å²) in [7, 11) is 0. The molecule has 0 bridgehead atoms. The lowest BCUT2D eigenvalue weighted by atomic mass is 9.95. The number of anilines is 1. The minimum absolute atomic E-state index is 0.101. The van der Waals surface area contributed by atoms with Crippen LogP contribution in [-0.4, -0.2) is 26.8 Å². The predicted molar refractivity (Wildman–Crippen MR) is 85.6 cm³/mol. The van der Waals surface area contributed by atoms with Crippen LogP contribution in [-0.2, 0) is 10.2 Å². The van der Waals surface area contributed by atoms with Gasteiger partial charge in [-0.25, -0.2) is 9.97 Å². The van der Waals surface area contributed by atoms with E-state index in [1.54, 1.807) is 0 Å². The highest BCUT2D eigenvalue weighted by Crippen LogP contribution is 2.30. The molecule has 0 unspecified atom stereocenters. The number of nitrogens with zero attached hydrogens (tertiary/aromatic N) is 2. The largest absolute Gasteiger partial charge is 0.481 e. The number of benzene rings is 1. The highest BCUT2D eigenvalue weighted by atomic mass is 32.2. The first kappa shape index (κ1) is 15.6. The second kappa shape index (κ2) is 5.89. The Morgan fingerprint density at radius 1 is 1.33 bits per heavy atom. The summed E-state index contributed by atoms with van der Waals surface area (Å²) in [5.41, 5.74) is 7.15. The zero-order chi connectivity index (χ0) is 15.6. The Morgan fingerprint density at radius 3 is 2.67 bits per heavy atom. The number of nitrogen functional groups attached to an aromatic ring is 1. The molecule has 21 heavy (non-hydrogen) atoms. The van der Waals surface area contributed by atoms with Crippen molar-refractivity contribution in [3.05, 3.63) is 24.0 Å². The predicted octanol–water partition coefficient (Wildman–Crippen LogP) is 3.08. The fourth-order valence-corrected chi connectivity index (χ4v) is 2.74. The molecule has 0 saturated heterocycles. The van der Waals surface area contributed by atoms with Crippen LogP contribution in [0.25, 0.3) is 10.9 Å². The number of carbonyl (C=O) groups is 1. The first-order valence-corrected chi connectivity index (χ1v) is 7.68. The molecule has 0 aliphatic carbocycles. The average molecular weight is 305 g/mol. The van der Waals surface area contributed by atoms with Gasteiger partial charge in [0.2, 0.25) is 0 Å². The standard InChI is InChI=1S/C15H19N3O2S/c1-15(2,3)14-17-11-5-4-9(16)8-10(11)13(18-14)21-7-6-12(19)20/h4-5,8H,6-7,16H2,1-3H3,(H,19,20). The van der Waals surface area contributed by atoms with Crippen LogP contribution in [0.4, 0.5) is 5.69 Å². The molecule has 0 aliphatic heterocycles. The maximum Gasteiger partial charge on any atom is 0.304 e. The van der Waals surface area contributed by atoms with Crippen molar-refractivity contribution in [1.82, 2.24) is 9.97 Å². The van der Waals surface area contributed by atoms with Crippen molar-refractivity contribution in [1.29, 1.82) is 0 Å². The fourth-order valence-electron chi connectivity index (χ4n) is 1.80. The van der Waals surface area contributed by atoms with Crippen molar-refractivity contribution in [2.24, 2.45) is 0 Å². The number of carboxylic acid groups (broad SMARTS) is 1. The third-order valence-corrected chi connectivity index (χ3v) is 3.90. The second-order valence-corrected chi connectivity index (χ2v) is 6.95. The molecule has 1 aromatic heterocycles. The summed E-state index contributed by atoms with van der Waals surface area (Å²) in [5, 5.41) is 10.4. The average Bonchev–Trinajstić information content (AvgIpc) is 2.37. The van der Waals surface area contributed by atoms with E-state index >= 15 is 0 Å². The maximum absolute atomic E-state index is 10.7. The number of carboxylic acids is 1. The van der Waals surface area contributed by atoms with Crippen LogP contribution < -0.4 is 5.73 Å². The van der Waals surface area contributed by atoms with E-state index in [1.807, 2.05) is 18.2 Å². The molecule has 0 radical (unpaired) electrons. The number of hydrogen-bond acceptors (Lipinski definition) is 5. The van der Waals surface area contributed by atoms with E-state index in [4.69, 9.17) is 10.8 Å². The van der Waals surface area contributed by atoms with Gasteiger partial charge in [0, 0.05) is 22.2 Å². The van der Waals surface area contributed by atoms with Crippen LogP contribution in [0.2, 0.25) is 0 Å². The van der Waals surface area contributed by atoms with Crippen molar-refractivity contribution in [2.45, 2.75) is 37.6 Å². The van der Waals surface area contributed by atoms with E-state index in [0.29, 0.717) is 11.4 Å². The number of rotatable bonds is 4. The van der Waals surface area contributed by atoms with Crippen molar-refractivity contribution < 1.29 is 9.90 Å². The van der Waals surface area contributed by atoms with Crippen LogP contribution in [0.1, 0.15) is 33.0 Å². The van der Waals surface area contributed by atoms with Crippen molar-refractivity contribution >= 4 is 34.3 Å². The Hall–Kier alpha value is -1.82. The normalized spacial score (nSPS) is 11.8. The zero-order valence-electron chi connectivity index (χ0n) is 12.4. The number of fused-ring (bicyclic) bond motifs is 1. The molecule has 3 N–H and O–H groups in total. The highest BCUT2D eigenvalue weighted by Gasteiger charge is 2.20. The number of hydrogen-bond donors (Lipinski definition) is 2. The Kier molecular flexibility index (Phi) is 4.37. The number of thioether (sulfide) groups is 1. The number of nitrogens with two attached hydrogens (primary N) is 1. The van der Waals surface area contributed by atoms with Crippen LogP contribution >= 0.6 is 11.8 Å². The molecule has 0 amide bonds. The van der Waals surface area contributed by atoms with Crippen molar-refractivity contribution in [3.63, 3.8) is 0 Å². The molecular weight excluding hydrogens is 286 g/mol. The molecule has 6 heteroatoms. The molecule has 2 rings (SSSR count). The van der Waals surface area contributed by atoms with E-state index < -0.39 is 5.97 Å². The first-order valence-electron chi connectivity index (χ1n) is 6.70. The first-order chi connectivity index (χ1) is 9.77. The van der Waals surface area contributed by atoms with Crippen molar-refractivity contribution in [3.8, 4) is 0 Å². The fraction of sp³-hybridized carbons (Fsp3) is 0.400. The SMILES string of the molecule is CC(C)(C)c1nc(SCCC(=O)O)c2cc(N)ccc2n1. The van der Waals surface area contributed by atoms with Gasteiger partial charge in [-0.15, -0.1) is 11.8 Å². The lowest BCUT2D eigenvalue weighted by Crippen LogP contribution is -2.16.